The summed E-state index contributed by atoms with van der Waals surface area (Å²) in [5.74, 6) is 0.743. The van der Waals surface area contributed by atoms with E-state index in [2.05, 4.69) is 36.2 Å². The molecule has 0 amide bonds. The number of nitrogens with zero attached hydrogens (tertiary/aromatic N) is 4. The summed E-state index contributed by atoms with van der Waals surface area (Å²) >= 11 is 6.36. The third-order valence-electron chi connectivity index (χ3n) is 3.66. The zero-order chi connectivity index (χ0) is 16.9. The number of halogens is 1. The Hall–Kier alpha value is -2.59. The predicted molar refractivity (Wildman–Crippen MR) is 98.3 cm³/mol. The molecule has 4 nitrogen and oxygen atoms in total. The molecule has 0 aliphatic carbocycles. The van der Waals surface area contributed by atoms with Crippen LogP contribution in [-0.2, 0) is 6.54 Å². The Balaban J connectivity index is 1.92. The molecule has 0 N–H and O–H groups in total. The minimum absolute atomic E-state index is 0.661. The van der Waals surface area contributed by atoms with Crippen molar-refractivity contribution >= 4 is 17.4 Å². The number of hydrogen-bond donors (Lipinski definition) is 0. The number of benzene rings is 2. The van der Waals surface area contributed by atoms with Crippen LogP contribution in [0.3, 0.4) is 0 Å². The van der Waals surface area contributed by atoms with Gasteiger partial charge in [-0.15, -0.1) is 0 Å². The second-order valence-electron chi connectivity index (χ2n) is 5.67. The summed E-state index contributed by atoms with van der Waals surface area (Å²) in [5, 5.41) is 7.32. The molecule has 0 saturated carbocycles. The molecule has 5 heteroatoms. The molecule has 0 unspecified atom stereocenters. The third-order valence-corrected chi connectivity index (χ3v) is 3.99. The van der Waals surface area contributed by atoms with Crippen LogP contribution in [-0.4, -0.2) is 27.4 Å². The Labute approximate surface area is 147 Å². The second-order valence-corrected chi connectivity index (χ2v) is 6.08. The van der Waals surface area contributed by atoms with Crippen molar-refractivity contribution in [3.8, 4) is 0 Å². The van der Waals surface area contributed by atoms with E-state index in [0.717, 1.165) is 11.4 Å². The SMILES string of the molecule is Cc1ccc(CN(C)/N=C(\c2ccccc2Cl)n2ccnc2)cc1. The summed E-state index contributed by atoms with van der Waals surface area (Å²) < 4.78 is 1.87. The zero-order valence-electron chi connectivity index (χ0n) is 13.7. The van der Waals surface area contributed by atoms with Gasteiger partial charge in [0, 0.05) is 25.0 Å². The van der Waals surface area contributed by atoms with Crippen molar-refractivity contribution in [2.75, 3.05) is 7.05 Å². The highest BCUT2D eigenvalue weighted by molar-refractivity contribution is 6.34. The van der Waals surface area contributed by atoms with Crippen LogP contribution in [0.2, 0.25) is 5.02 Å². The Morgan fingerprint density at radius 1 is 1.17 bits per heavy atom. The maximum atomic E-state index is 6.36. The predicted octanol–water partition coefficient (Wildman–Crippen LogP) is 4.19. The second kappa shape index (κ2) is 7.32. The maximum Gasteiger partial charge on any atom is 0.166 e. The molecule has 0 aliphatic heterocycles. The molecule has 0 spiro atoms. The first kappa shape index (κ1) is 16.3. The lowest BCUT2D eigenvalue weighted by Crippen LogP contribution is -2.20. The molecule has 1 heterocycles. The number of aromatic nitrogens is 2. The smallest absolute Gasteiger partial charge is 0.166 e. The van der Waals surface area contributed by atoms with Crippen LogP contribution in [0.1, 0.15) is 16.7 Å². The van der Waals surface area contributed by atoms with Crippen LogP contribution in [0.15, 0.2) is 72.4 Å². The van der Waals surface area contributed by atoms with Crippen molar-refractivity contribution in [3.63, 3.8) is 0 Å². The van der Waals surface area contributed by atoms with E-state index in [-0.39, 0.29) is 0 Å². The van der Waals surface area contributed by atoms with Crippen molar-refractivity contribution < 1.29 is 0 Å². The van der Waals surface area contributed by atoms with Gasteiger partial charge in [0.1, 0.15) is 6.33 Å². The highest BCUT2D eigenvalue weighted by Gasteiger charge is 2.11. The standard InChI is InChI=1S/C19H19ClN4/c1-15-7-9-16(10-8-15)13-23(2)22-19(24-12-11-21-14-24)17-5-3-4-6-18(17)20/h3-12,14H,13H2,1-2H3/b22-19+. The summed E-state index contributed by atoms with van der Waals surface area (Å²) in [4.78, 5) is 4.12. The van der Waals surface area contributed by atoms with Crippen LogP contribution in [0.4, 0.5) is 0 Å². The van der Waals surface area contributed by atoms with Gasteiger partial charge in [-0.3, -0.25) is 9.58 Å². The molecule has 3 rings (SSSR count). The first-order chi connectivity index (χ1) is 11.6. The van der Waals surface area contributed by atoms with Crippen molar-refractivity contribution in [2.45, 2.75) is 13.5 Å². The zero-order valence-corrected chi connectivity index (χ0v) is 14.5. The minimum Gasteiger partial charge on any atom is -0.294 e. The maximum absolute atomic E-state index is 6.36. The Morgan fingerprint density at radius 2 is 1.92 bits per heavy atom. The van der Waals surface area contributed by atoms with Crippen LogP contribution in [0.5, 0.6) is 0 Å². The molecular weight excluding hydrogens is 320 g/mol. The van der Waals surface area contributed by atoms with E-state index in [1.807, 2.05) is 47.1 Å². The summed E-state index contributed by atoms with van der Waals surface area (Å²) in [6.45, 7) is 2.79. The van der Waals surface area contributed by atoms with E-state index < -0.39 is 0 Å². The number of hydrogen-bond acceptors (Lipinski definition) is 3. The van der Waals surface area contributed by atoms with Crippen LogP contribution in [0, 0.1) is 6.92 Å². The van der Waals surface area contributed by atoms with E-state index in [0.29, 0.717) is 11.6 Å². The molecule has 1 aromatic heterocycles. The van der Waals surface area contributed by atoms with Crippen LogP contribution in [0.25, 0.3) is 0 Å². The summed E-state index contributed by atoms with van der Waals surface area (Å²) in [7, 11) is 1.95. The molecule has 3 aromatic rings. The van der Waals surface area contributed by atoms with Gasteiger partial charge < -0.3 is 0 Å². The topological polar surface area (TPSA) is 33.4 Å². The van der Waals surface area contributed by atoms with E-state index >= 15 is 0 Å². The molecule has 2 aromatic carbocycles. The van der Waals surface area contributed by atoms with Gasteiger partial charge in [0.05, 0.1) is 11.6 Å². The van der Waals surface area contributed by atoms with Gasteiger partial charge in [-0.05, 0) is 24.6 Å². The average molecular weight is 339 g/mol. The third kappa shape index (κ3) is 3.84. The fourth-order valence-corrected chi connectivity index (χ4v) is 2.65. The lowest BCUT2D eigenvalue weighted by atomic mass is 10.1. The summed E-state index contributed by atoms with van der Waals surface area (Å²) in [6.07, 6.45) is 5.32. The first-order valence-corrected chi connectivity index (χ1v) is 8.10. The summed E-state index contributed by atoms with van der Waals surface area (Å²) in [5.41, 5.74) is 3.32. The average Bonchev–Trinajstić information content (AvgIpc) is 3.10. The number of imidazole rings is 1. The molecule has 24 heavy (non-hydrogen) atoms. The van der Waals surface area contributed by atoms with Gasteiger partial charge >= 0.3 is 0 Å². The van der Waals surface area contributed by atoms with Crippen LogP contribution >= 0.6 is 11.6 Å². The fourth-order valence-electron chi connectivity index (χ4n) is 2.43. The number of aryl methyl sites for hydroxylation is 1. The highest BCUT2D eigenvalue weighted by Crippen LogP contribution is 2.18. The van der Waals surface area contributed by atoms with Gasteiger partial charge in [-0.2, -0.15) is 5.10 Å². The van der Waals surface area contributed by atoms with Gasteiger partial charge in [0.2, 0.25) is 0 Å². The van der Waals surface area contributed by atoms with Gasteiger partial charge in [-0.1, -0.05) is 53.6 Å². The van der Waals surface area contributed by atoms with E-state index in [9.17, 15) is 0 Å². The monoisotopic (exact) mass is 338 g/mol. The lowest BCUT2D eigenvalue weighted by molar-refractivity contribution is 0.345. The summed E-state index contributed by atoms with van der Waals surface area (Å²) in [6, 6.07) is 16.1. The van der Waals surface area contributed by atoms with Crippen molar-refractivity contribution in [2.24, 2.45) is 5.10 Å². The molecule has 0 fully saturated rings. The largest absolute Gasteiger partial charge is 0.294 e. The molecule has 0 saturated heterocycles. The van der Waals surface area contributed by atoms with Crippen LogP contribution < -0.4 is 0 Å². The molecule has 0 atom stereocenters. The molecule has 122 valence electrons. The van der Waals surface area contributed by atoms with Gasteiger partial charge in [-0.25, -0.2) is 4.98 Å². The normalized spacial score (nSPS) is 11.5. The number of rotatable bonds is 4. The van der Waals surface area contributed by atoms with E-state index in [1.165, 1.54) is 11.1 Å². The fraction of sp³-hybridized carbons (Fsp3) is 0.158. The number of hydrazone groups is 1. The molecular formula is C19H19ClN4. The quantitative estimate of drug-likeness (QED) is 0.406. The van der Waals surface area contributed by atoms with Gasteiger partial charge in [0.15, 0.2) is 5.84 Å². The Bertz CT molecular complexity index is 823. The molecule has 0 radical (unpaired) electrons. The van der Waals surface area contributed by atoms with Crippen molar-refractivity contribution in [3.05, 3.63) is 89.0 Å². The first-order valence-electron chi connectivity index (χ1n) is 7.72. The highest BCUT2D eigenvalue weighted by atomic mass is 35.5. The van der Waals surface area contributed by atoms with Gasteiger partial charge in [0.25, 0.3) is 0 Å². The molecule has 0 aliphatic rings. The van der Waals surface area contributed by atoms with Crippen molar-refractivity contribution in [1.29, 1.82) is 0 Å². The minimum atomic E-state index is 0.661. The lowest BCUT2D eigenvalue weighted by Gasteiger charge is -2.17. The van der Waals surface area contributed by atoms with E-state index in [1.54, 1.807) is 12.5 Å². The van der Waals surface area contributed by atoms with Crippen molar-refractivity contribution in [1.82, 2.24) is 14.6 Å². The Kier molecular flexibility index (Phi) is 4.96. The molecule has 0 bridgehead atoms. The Morgan fingerprint density at radius 3 is 2.58 bits per heavy atom. The van der Waals surface area contributed by atoms with E-state index in [4.69, 9.17) is 16.7 Å².